The Hall–Kier alpha value is -0.900. The summed E-state index contributed by atoms with van der Waals surface area (Å²) in [6.45, 7) is 7.09. The van der Waals surface area contributed by atoms with Crippen molar-refractivity contribution in [1.82, 2.24) is 10.2 Å². The van der Waals surface area contributed by atoms with E-state index in [4.69, 9.17) is 5.73 Å². The zero-order valence-electron chi connectivity index (χ0n) is 19.1. The van der Waals surface area contributed by atoms with E-state index in [-0.39, 0.29) is 6.04 Å². The van der Waals surface area contributed by atoms with Crippen LogP contribution in [0.25, 0.3) is 0 Å². The van der Waals surface area contributed by atoms with Crippen LogP contribution in [0.5, 0.6) is 0 Å². The Morgan fingerprint density at radius 3 is 2.52 bits per heavy atom. The van der Waals surface area contributed by atoms with Gasteiger partial charge in [0.2, 0.25) is 0 Å². The van der Waals surface area contributed by atoms with E-state index >= 15 is 0 Å². The summed E-state index contributed by atoms with van der Waals surface area (Å²) in [4.78, 5) is 2.85. The molecule has 4 rings (SSSR count). The predicted octanol–water partition coefficient (Wildman–Crippen LogP) is 4.86. The second-order valence-corrected chi connectivity index (χ2v) is 10.5. The first-order valence-electron chi connectivity index (χ1n) is 12.3. The van der Waals surface area contributed by atoms with Crippen LogP contribution in [0.15, 0.2) is 36.0 Å². The minimum Gasteiger partial charge on any atom is -0.324 e. The molecule has 162 valence electrons. The first-order valence-corrected chi connectivity index (χ1v) is 12.3. The molecular formula is C26H43N3. The van der Waals surface area contributed by atoms with E-state index in [1.165, 1.54) is 44.9 Å². The van der Waals surface area contributed by atoms with Gasteiger partial charge in [-0.2, -0.15) is 0 Å². The van der Waals surface area contributed by atoms with Gasteiger partial charge >= 0.3 is 0 Å². The van der Waals surface area contributed by atoms with Crippen molar-refractivity contribution in [1.29, 1.82) is 0 Å². The summed E-state index contributed by atoms with van der Waals surface area (Å²) in [6, 6.07) is 1.67. The molecule has 1 saturated carbocycles. The summed E-state index contributed by atoms with van der Waals surface area (Å²) >= 11 is 0. The maximum Gasteiger partial charge on any atom is 0.0826 e. The average molecular weight is 398 g/mol. The molecule has 0 radical (unpaired) electrons. The lowest BCUT2D eigenvalue weighted by Gasteiger charge is -2.35. The van der Waals surface area contributed by atoms with Crippen molar-refractivity contribution >= 4 is 0 Å². The third kappa shape index (κ3) is 4.43. The van der Waals surface area contributed by atoms with Crippen LogP contribution in [0.4, 0.5) is 0 Å². The van der Waals surface area contributed by atoms with Crippen LogP contribution in [0.1, 0.15) is 65.7 Å². The molecule has 0 aromatic rings. The summed E-state index contributed by atoms with van der Waals surface area (Å²) in [5.74, 6) is 3.43. The van der Waals surface area contributed by atoms with Crippen molar-refractivity contribution in [2.75, 3.05) is 7.05 Å². The van der Waals surface area contributed by atoms with Crippen LogP contribution in [-0.4, -0.2) is 36.2 Å². The first-order chi connectivity index (χ1) is 14.0. The topological polar surface area (TPSA) is 41.1 Å². The summed E-state index contributed by atoms with van der Waals surface area (Å²) in [5, 5.41) is 3.72. The van der Waals surface area contributed by atoms with Gasteiger partial charge in [-0.3, -0.25) is 4.90 Å². The van der Waals surface area contributed by atoms with Gasteiger partial charge in [0.15, 0.2) is 0 Å². The van der Waals surface area contributed by atoms with Crippen LogP contribution >= 0.6 is 0 Å². The summed E-state index contributed by atoms with van der Waals surface area (Å²) in [5.41, 5.74) is 8.03. The molecule has 1 saturated heterocycles. The smallest absolute Gasteiger partial charge is 0.0826 e. The van der Waals surface area contributed by atoms with Crippen molar-refractivity contribution in [2.24, 2.45) is 35.3 Å². The van der Waals surface area contributed by atoms with Crippen molar-refractivity contribution in [2.45, 2.75) is 90.0 Å². The molecule has 0 aromatic carbocycles. The molecule has 0 bridgehead atoms. The van der Waals surface area contributed by atoms with Crippen LogP contribution in [0, 0.1) is 29.6 Å². The van der Waals surface area contributed by atoms with Crippen LogP contribution in [0.3, 0.4) is 0 Å². The molecule has 3 nitrogen and oxygen atoms in total. The number of nitrogens with two attached hydrogens (primary N) is 1. The van der Waals surface area contributed by atoms with E-state index < -0.39 is 0 Å². The van der Waals surface area contributed by atoms with Crippen LogP contribution in [0.2, 0.25) is 0 Å². The highest BCUT2D eigenvalue weighted by Gasteiger charge is 2.55. The number of likely N-dealkylation sites (N-methyl/N-ethyl adjacent to an activating group) is 1. The minimum absolute atomic E-state index is 0.204. The SMILES string of the molecule is CNC(C1=CC(N)C(C)CC1C)N1C(C2CCCCC2)[C@@H]1CC1C=CC=CC1C. The van der Waals surface area contributed by atoms with E-state index in [1.807, 2.05) is 0 Å². The fourth-order valence-corrected chi connectivity index (χ4v) is 6.56. The molecule has 8 unspecified atom stereocenters. The Balaban J connectivity index is 1.55. The van der Waals surface area contributed by atoms with Gasteiger partial charge in [-0.15, -0.1) is 0 Å². The van der Waals surface area contributed by atoms with E-state index in [0.717, 1.165) is 12.0 Å². The predicted molar refractivity (Wildman–Crippen MR) is 123 cm³/mol. The fraction of sp³-hybridized carbons (Fsp3) is 0.769. The zero-order chi connectivity index (χ0) is 20.5. The largest absolute Gasteiger partial charge is 0.324 e. The Bertz CT molecular complexity index is 644. The number of nitrogens with zero attached hydrogens (tertiary/aromatic N) is 1. The number of rotatable bonds is 6. The quantitative estimate of drug-likeness (QED) is 0.496. The molecule has 3 N–H and O–H groups in total. The van der Waals surface area contributed by atoms with Gasteiger partial charge in [0.25, 0.3) is 0 Å². The van der Waals surface area contributed by atoms with E-state index in [2.05, 4.69) is 68.4 Å². The number of nitrogens with one attached hydrogen (secondary N) is 1. The van der Waals surface area contributed by atoms with E-state index in [0.29, 0.717) is 35.9 Å². The average Bonchev–Trinajstić information content (AvgIpc) is 3.42. The Labute approximate surface area is 178 Å². The summed E-state index contributed by atoms with van der Waals surface area (Å²) in [7, 11) is 2.15. The van der Waals surface area contributed by atoms with Crippen molar-refractivity contribution in [3.63, 3.8) is 0 Å². The van der Waals surface area contributed by atoms with Gasteiger partial charge in [0.1, 0.15) is 0 Å². The number of hydrogen-bond donors (Lipinski definition) is 2. The lowest BCUT2D eigenvalue weighted by molar-refractivity contribution is 0.253. The number of hydrogen-bond acceptors (Lipinski definition) is 3. The molecule has 0 aromatic heterocycles. The second-order valence-electron chi connectivity index (χ2n) is 10.5. The first kappa shape index (κ1) is 21.3. The third-order valence-corrected chi connectivity index (χ3v) is 8.46. The van der Waals surface area contributed by atoms with Gasteiger partial charge in [-0.1, -0.05) is 70.4 Å². The normalized spacial score (nSPS) is 43.8. The van der Waals surface area contributed by atoms with Gasteiger partial charge in [0, 0.05) is 18.1 Å². The monoisotopic (exact) mass is 397 g/mol. The molecule has 0 spiro atoms. The molecule has 3 heteroatoms. The van der Waals surface area contributed by atoms with Gasteiger partial charge in [-0.05, 0) is 67.9 Å². The molecule has 1 aliphatic heterocycles. The molecule has 2 fully saturated rings. The zero-order valence-corrected chi connectivity index (χ0v) is 19.1. The molecular weight excluding hydrogens is 354 g/mol. The van der Waals surface area contributed by atoms with Gasteiger partial charge in [-0.25, -0.2) is 0 Å². The Morgan fingerprint density at radius 1 is 1.10 bits per heavy atom. The van der Waals surface area contributed by atoms with Gasteiger partial charge < -0.3 is 11.1 Å². The highest BCUT2D eigenvalue weighted by molar-refractivity contribution is 5.25. The van der Waals surface area contributed by atoms with Crippen LogP contribution in [-0.2, 0) is 0 Å². The molecule has 1 heterocycles. The molecule has 0 amide bonds. The van der Waals surface area contributed by atoms with Crippen molar-refractivity contribution in [3.05, 3.63) is 36.0 Å². The van der Waals surface area contributed by atoms with E-state index in [9.17, 15) is 0 Å². The fourth-order valence-electron chi connectivity index (χ4n) is 6.56. The molecule has 4 aliphatic rings. The van der Waals surface area contributed by atoms with Crippen LogP contribution < -0.4 is 11.1 Å². The van der Waals surface area contributed by atoms with Crippen molar-refractivity contribution < 1.29 is 0 Å². The number of allylic oxidation sites excluding steroid dienone is 4. The maximum atomic E-state index is 6.48. The standard InChI is InChI=1S/C26H43N3/c1-17-10-8-9-13-21(17)15-24-25(20-11-6-5-7-12-20)29(24)26(28-4)22-16-23(27)19(3)14-18(22)2/h8-10,13,16-21,23-26,28H,5-7,11-12,14-15,27H2,1-4H3/t17?,18?,19?,21?,23?,24-,25?,26?,29?/m0/s1. The highest BCUT2D eigenvalue weighted by Crippen LogP contribution is 2.48. The minimum atomic E-state index is 0.204. The van der Waals surface area contributed by atoms with Crippen molar-refractivity contribution in [3.8, 4) is 0 Å². The second kappa shape index (κ2) is 9.08. The molecule has 29 heavy (non-hydrogen) atoms. The lowest BCUT2D eigenvalue weighted by Crippen LogP contribution is -2.44. The summed E-state index contributed by atoms with van der Waals surface area (Å²) < 4.78 is 0. The van der Waals surface area contributed by atoms with Gasteiger partial charge in [0.05, 0.1) is 6.17 Å². The third-order valence-electron chi connectivity index (χ3n) is 8.46. The molecule has 9 atom stereocenters. The van der Waals surface area contributed by atoms with E-state index in [1.54, 1.807) is 5.57 Å². The lowest BCUT2D eigenvalue weighted by atomic mass is 9.79. The highest BCUT2D eigenvalue weighted by atomic mass is 15.4. The summed E-state index contributed by atoms with van der Waals surface area (Å²) in [6.07, 6.45) is 21.7. The molecule has 3 aliphatic carbocycles. The Kier molecular flexibility index (Phi) is 6.68. The Morgan fingerprint density at radius 2 is 1.83 bits per heavy atom. The maximum absolute atomic E-state index is 6.48.